The van der Waals surface area contributed by atoms with E-state index in [-0.39, 0.29) is 24.5 Å². The van der Waals surface area contributed by atoms with Crippen molar-refractivity contribution in [2.24, 2.45) is 0 Å². The molecule has 0 aliphatic heterocycles. The van der Waals surface area contributed by atoms with Crippen LogP contribution in [0.5, 0.6) is 0 Å². The van der Waals surface area contributed by atoms with Gasteiger partial charge in [0, 0.05) is 6.42 Å². The second-order valence-electron chi connectivity index (χ2n) is 4.27. The van der Waals surface area contributed by atoms with Crippen LogP contribution < -0.4 is 0 Å². The Morgan fingerprint density at radius 1 is 1.40 bits per heavy atom. The zero-order valence-corrected chi connectivity index (χ0v) is 12.1. The molecule has 0 N–H and O–H groups in total. The minimum atomic E-state index is -3.26. The average Bonchev–Trinajstić information content (AvgIpc) is 2.39. The van der Waals surface area contributed by atoms with Crippen molar-refractivity contribution in [2.75, 3.05) is 12.4 Å². The van der Waals surface area contributed by atoms with Gasteiger partial charge in [0.1, 0.15) is 0 Å². The second kappa shape index (κ2) is 7.65. The molecule has 0 heterocycles. The first-order valence-corrected chi connectivity index (χ1v) is 8.14. The minimum absolute atomic E-state index is 0.0236. The summed E-state index contributed by atoms with van der Waals surface area (Å²) in [5.41, 5.74) is 0.893. The van der Waals surface area contributed by atoms with E-state index in [0.29, 0.717) is 17.5 Å². The first-order valence-electron chi connectivity index (χ1n) is 6.32. The van der Waals surface area contributed by atoms with Crippen molar-refractivity contribution >= 4 is 15.8 Å². The molecule has 20 heavy (non-hydrogen) atoms. The molecule has 0 atom stereocenters. The summed E-state index contributed by atoms with van der Waals surface area (Å²) < 4.78 is 28.6. The molecule has 0 unspecified atom stereocenters. The molecule has 6 heteroatoms. The van der Waals surface area contributed by atoms with Crippen LogP contribution in [0, 0.1) is 11.3 Å². The normalized spacial score (nSPS) is 10.8. The van der Waals surface area contributed by atoms with E-state index in [9.17, 15) is 13.2 Å². The topological polar surface area (TPSA) is 84.2 Å². The molecule has 0 saturated heterocycles. The van der Waals surface area contributed by atoms with E-state index in [1.165, 1.54) is 6.07 Å². The predicted molar refractivity (Wildman–Crippen MR) is 74.7 cm³/mol. The van der Waals surface area contributed by atoms with Crippen LogP contribution in [0.4, 0.5) is 0 Å². The summed E-state index contributed by atoms with van der Waals surface area (Å²) in [6, 6.07) is 8.32. The Morgan fingerprint density at radius 2 is 2.15 bits per heavy atom. The van der Waals surface area contributed by atoms with Gasteiger partial charge < -0.3 is 4.74 Å². The van der Waals surface area contributed by atoms with Gasteiger partial charge in [0.2, 0.25) is 0 Å². The molecular weight excluding hydrogens is 278 g/mol. The molecule has 1 rings (SSSR count). The lowest BCUT2D eigenvalue weighted by Crippen LogP contribution is -2.10. The number of nitriles is 1. The number of unbranched alkanes of at least 4 members (excludes halogenated alkanes) is 1. The Balaban J connectivity index is 2.75. The lowest BCUT2D eigenvalue weighted by molar-refractivity contribution is 0.0526. The number of nitrogens with zero attached hydrogens (tertiary/aromatic N) is 1. The summed E-state index contributed by atoms with van der Waals surface area (Å²) in [6.45, 7) is 1.98. The fraction of sp³-hybridized carbons (Fsp3) is 0.429. The first kappa shape index (κ1) is 16.2. The van der Waals surface area contributed by atoms with Crippen LogP contribution in [0.2, 0.25) is 0 Å². The van der Waals surface area contributed by atoms with Gasteiger partial charge in [-0.3, -0.25) is 0 Å². The second-order valence-corrected chi connectivity index (χ2v) is 6.46. The van der Waals surface area contributed by atoms with Gasteiger partial charge in [0.15, 0.2) is 9.84 Å². The van der Waals surface area contributed by atoms with Gasteiger partial charge in [-0.25, -0.2) is 13.2 Å². The molecule has 0 saturated carbocycles. The molecule has 0 spiro atoms. The van der Waals surface area contributed by atoms with E-state index in [2.05, 4.69) is 0 Å². The molecule has 0 aliphatic carbocycles. The molecule has 0 radical (unpaired) electrons. The van der Waals surface area contributed by atoms with Gasteiger partial charge in [-0.1, -0.05) is 12.1 Å². The lowest BCUT2D eigenvalue weighted by Gasteiger charge is -2.06. The van der Waals surface area contributed by atoms with Crippen LogP contribution in [-0.2, 0) is 20.3 Å². The molecule has 108 valence electrons. The number of sulfone groups is 1. The monoisotopic (exact) mass is 295 g/mol. The van der Waals surface area contributed by atoms with Crippen molar-refractivity contribution in [3.8, 4) is 6.07 Å². The van der Waals surface area contributed by atoms with Crippen molar-refractivity contribution in [1.82, 2.24) is 0 Å². The fourth-order valence-electron chi connectivity index (χ4n) is 1.70. The highest BCUT2D eigenvalue weighted by atomic mass is 32.2. The zero-order chi connectivity index (χ0) is 15.0. The first-order chi connectivity index (χ1) is 9.48. The molecule has 0 amide bonds. The van der Waals surface area contributed by atoms with Crippen molar-refractivity contribution in [3.05, 3.63) is 35.4 Å². The standard InChI is InChI=1S/C14H17NO4S/c1-2-19-14(16)13-7-5-6-12(10-13)11-20(17,18)9-4-3-8-15/h5-7,10H,2-4,9,11H2,1H3. The number of benzene rings is 1. The van der Waals surface area contributed by atoms with E-state index in [0.717, 1.165) is 0 Å². The summed E-state index contributed by atoms with van der Waals surface area (Å²) >= 11 is 0. The molecular formula is C14H17NO4S. The largest absolute Gasteiger partial charge is 0.462 e. The fourth-order valence-corrected chi connectivity index (χ4v) is 3.12. The third-order valence-corrected chi connectivity index (χ3v) is 4.25. The van der Waals surface area contributed by atoms with Crippen molar-refractivity contribution < 1.29 is 17.9 Å². The summed E-state index contributed by atoms with van der Waals surface area (Å²) in [6.07, 6.45) is 0.554. The molecule has 0 aromatic heterocycles. The third-order valence-electron chi connectivity index (χ3n) is 2.57. The highest BCUT2D eigenvalue weighted by Gasteiger charge is 2.13. The number of esters is 1. The van der Waals surface area contributed by atoms with Gasteiger partial charge in [0.25, 0.3) is 0 Å². The maximum Gasteiger partial charge on any atom is 0.338 e. The number of rotatable bonds is 7. The number of hydrogen-bond donors (Lipinski definition) is 0. The van der Waals surface area contributed by atoms with Crippen molar-refractivity contribution in [1.29, 1.82) is 5.26 Å². The van der Waals surface area contributed by atoms with Gasteiger partial charge in [-0.2, -0.15) is 5.26 Å². The van der Waals surface area contributed by atoms with Crippen LogP contribution in [-0.4, -0.2) is 26.7 Å². The van der Waals surface area contributed by atoms with Crippen molar-refractivity contribution in [2.45, 2.75) is 25.5 Å². The van der Waals surface area contributed by atoms with Crippen LogP contribution in [0.25, 0.3) is 0 Å². The number of carbonyl (C=O) groups excluding carboxylic acids is 1. The maximum atomic E-state index is 11.9. The summed E-state index contributed by atoms with van der Waals surface area (Å²) in [5.74, 6) is -0.619. The van der Waals surface area contributed by atoms with E-state index in [1.807, 2.05) is 6.07 Å². The SMILES string of the molecule is CCOC(=O)c1cccc(CS(=O)(=O)CCCC#N)c1. The molecule has 5 nitrogen and oxygen atoms in total. The molecule has 0 aliphatic rings. The van der Waals surface area contributed by atoms with E-state index < -0.39 is 15.8 Å². The highest BCUT2D eigenvalue weighted by Crippen LogP contribution is 2.12. The minimum Gasteiger partial charge on any atom is -0.462 e. The zero-order valence-electron chi connectivity index (χ0n) is 11.3. The Morgan fingerprint density at radius 3 is 2.80 bits per heavy atom. The van der Waals surface area contributed by atoms with Crippen LogP contribution in [0.15, 0.2) is 24.3 Å². The van der Waals surface area contributed by atoms with E-state index in [4.69, 9.17) is 10.00 Å². The van der Waals surface area contributed by atoms with Gasteiger partial charge in [-0.15, -0.1) is 0 Å². The molecule has 1 aromatic rings. The van der Waals surface area contributed by atoms with Crippen LogP contribution in [0.3, 0.4) is 0 Å². The summed E-state index contributed by atoms with van der Waals surface area (Å²) in [5, 5.41) is 8.40. The van der Waals surface area contributed by atoms with E-state index in [1.54, 1.807) is 25.1 Å². The lowest BCUT2D eigenvalue weighted by atomic mass is 10.1. The smallest absolute Gasteiger partial charge is 0.338 e. The van der Waals surface area contributed by atoms with Crippen LogP contribution in [0.1, 0.15) is 35.7 Å². The van der Waals surface area contributed by atoms with Crippen molar-refractivity contribution in [3.63, 3.8) is 0 Å². The predicted octanol–water partition coefficient (Wildman–Crippen LogP) is 2.08. The van der Waals surface area contributed by atoms with E-state index >= 15 is 0 Å². The Bertz CT molecular complexity index is 602. The molecule has 1 aromatic carbocycles. The summed E-state index contributed by atoms with van der Waals surface area (Å²) in [4.78, 5) is 11.6. The van der Waals surface area contributed by atoms with Gasteiger partial charge in [-0.05, 0) is 31.0 Å². The number of carbonyl (C=O) groups is 1. The number of hydrogen-bond acceptors (Lipinski definition) is 5. The summed E-state index contributed by atoms with van der Waals surface area (Å²) in [7, 11) is -3.26. The van der Waals surface area contributed by atoms with Crippen LogP contribution >= 0.6 is 0 Å². The van der Waals surface area contributed by atoms with Gasteiger partial charge in [0.05, 0.1) is 29.7 Å². The maximum absolute atomic E-state index is 11.9. The highest BCUT2D eigenvalue weighted by molar-refractivity contribution is 7.90. The van der Waals surface area contributed by atoms with Gasteiger partial charge >= 0.3 is 5.97 Å². The third kappa shape index (κ3) is 5.41. The average molecular weight is 295 g/mol. The Kier molecular flexibility index (Phi) is 6.19. The quantitative estimate of drug-likeness (QED) is 0.568. The molecule has 0 fully saturated rings. The Labute approximate surface area is 119 Å². The Hall–Kier alpha value is -1.87. The molecule has 0 bridgehead atoms. The number of ether oxygens (including phenoxy) is 1.